The quantitative estimate of drug-likeness (QED) is 0.146. The van der Waals surface area contributed by atoms with Crippen molar-refractivity contribution >= 4 is 17.8 Å². The van der Waals surface area contributed by atoms with Crippen molar-refractivity contribution in [2.75, 3.05) is 34.3 Å². The summed E-state index contributed by atoms with van der Waals surface area (Å²) in [6.07, 6.45) is -0.203. The molecule has 1 aromatic carbocycles. The molecule has 8 nitrogen and oxygen atoms in total. The number of furan rings is 1. The molecule has 1 aromatic heterocycles. The van der Waals surface area contributed by atoms with E-state index in [0.29, 0.717) is 25.2 Å². The van der Waals surface area contributed by atoms with Gasteiger partial charge in [0.05, 0.1) is 46.8 Å². The maximum Gasteiger partial charge on any atom is 0.491 e. The standard InChI is InChI=1S/C28H37F3N2O6/c1-5-6-7-8-16-37-23-11-9-10-20(17-23)12-13-22-14-15-24(38-22)26(35)32-21(19-33(2,3)4)18-25(34)39-27(36)28(29,30)31/h9-11,14-15,17,21H,5-8,12-13,16,18-19H2,1-4H3/p+1/t21-/m1/s1. The Morgan fingerprint density at radius 2 is 1.77 bits per heavy atom. The van der Waals surface area contributed by atoms with Crippen molar-refractivity contribution in [3.63, 3.8) is 0 Å². The molecule has 1 atom stereocenters. The van der Waals surface area contributed by atoms with Crippen LogP contribution >= 0.6 is 0 Å². The Hall–Kier alpha value is -3.34. The van der Waals surface area contributed by atoms with Crippen LogP contribution in [0.3, 0.4) is 0 Å². The predicted molar refractivity (Wildman–Crippen MR) is 138 cm³/mol. The van der Waals surface area contributed by atoms with E-state index in [0.717, 1.165) is 24.2 Å². The summed E-state index contributed by atoms with van der Waals surface area (Å²) in [5.41, 5.74) is 1.05. The Morgan fingerprint density at radius 3 is 2.44 bits per heavy atom. The Balaban J connectivity index is 1.93. The van der Waals surface area contributed by atoms with Crippen molar-refractivity contribution in [2.24, 2.45) is 0 Å². The second-order valence-electron chi connectivity index (χ2n) is 10.4. The van der Waals surface area contributed by atoms with Gasteiger partial charge in [-0.3, -0.25) is 9.59 Å². The lowest BCUT2D eigenvalue weighted by Crippen LogP contribution is -2.50. The summed E-state index contributed by atoms with van der Waals surface area (Å²) in [4.78, 5) is 35.7. The van der Waals surface area contributed by atoms with E-state index in [-0.39, 0.29) is 16.8 Å². The lowest BCUT2D eigenvalue weighted by molar-refractivity contribution is -0.871. The molecule has 0 saturated carbocycles. The van der Waals surface area contributed by atoms with E-state index in [1.54, 1.807) is 27.2 Å². The zero-order chi connectivity index (χ0) is 29.1. The van der Waals surface area contributed by atoms with Crippen LogP contribution < -0.4 is 10.1 Å². The van der Waals surface area contributed by atoms with Gasteiger partial charge < -0.3 is 23.7 Å². The zero-order valence-corrected chi connectivity index (χ0v) is 22.9. The Labute approximate surface area is 227 Å². The number of halogens is 3. The number of nitrogens with one attached hydrogen (secondary N) is 1. The zero-order valence-electron chi connectivity index (χ0n) is 22.9. The maximum absolute atomic E-state index is 12.8. The molecule has 0 aliphatic rings. The first-order valence-electron chi connectivity index (χ1n) is 13.0. The number of amides is 1. The summed E-state index contributed by atoms with van der Waals surface area (Å²) in [5.74, 6) is -3.23. The third-order valence-electron chi connectivity index (χ3n) is 5.66. The highest BCUT2D eigenvalue weighted by Crippen LogP contribution is 2.19. The largest absolute Gasteiger partial charge is 0.494 e. The topological polar surface area (TPSA) is 94.8 Å². The number of benzene rings is 1. The first-order valence-corrected chi connectivity index (χ1v) is 13.0. The van der Waals surface area contributed by atoms with Gasteiger partial charge in [0.2, 0.25) is 0 Å². The van der Waals surface area contributed by atoms with Gasteiger partial charge in [-0.1, -0.05) is 38.3 Å². The van der Waals surface area contributed by atoms with E-state index < -0.39 is 36.5 Å². The number of alkyl halides is 3. The molecule has 1 N–H and O–H groups in total. The van der Waals surface area contributed by atoms with Crippen LogP contribution in [0.5, 0.6) is 5.75 Å². The number of ether oxygens (including phenoxy) is 2. The van der Waals surface area contributed by atoms with E-state index >= 15 is 0 Å². The van der Waals surface area contributed by atoms with Gasteiger partial charge in [0.15, 0.2) is 5.76 Å². The monoisotopic (exact) mass is 555 g/mol. The molecule has 0 saturated heterocycles. The van der Waals surface area contributed by atoms with E-state index in [1.807, 2.05) is 24.3 Å². The molecular weight excluding hydrogens is 517 g/mol. The Morgan fingerprint density at radius 1 is 1.03 bits per heavy atom. The smallest absolute Gasteiger partial charge is 0.491 e. The molecular formula is C28H38F3N2O6+. The SMILES string of the molecule is CCCCCCOc1cccc(CCc2ccc(C(=O)N[C@H](CC(=O)OC(=O)C(F)(F)F)C[N+](C)(C)C)o2)c1. The number of aryl methyl sites for hydroxylation is 2. The number of quaternary nitrogens is 1. The first kappa shape index (κ1) is 31.9. The molecule has 216 valence electrons. The number of carbonyl (C=O) groups excluding carboxylic acids is 3. The molecule has 2 rings (SSSR count). The number of nitrogens with zero attached hydrogens (tertiary/aromatic N) is 1. The normalized spacial score (nSPS) is 12.6. The molecule has 0 radical (unpaired) electrons. The lowest BCUT2D eigenvalue weighted by atomic mass is 10.1. The van der Waals surface area contributed by atoms with Gasteiger partial charge >= 0.3 is 18.1 Å². The van der Waals surface area contributed by atoms with Crippen molar-refractivity contribution in [1.82, 2.24) is 5.32 Å². The van der Waals surface area contributed by atoms with E-state index in [2.05, 4.69) is 17.0 Å². The summed E-state index contributed by atoms with van der Waals surface area (Å²) in [6, 6.07) is 10.1. The molecule has 1 amide bonds. The van der Waals surface area contributed by atoms with Crippen molar-refractivity contribution in [1.29, 1.82) is 0 Å². The summed E-state index contributed by atoms with van der Waals surface area (Å²) >= 11 is 0. The number of rotatable bonds is 15. The van der Waals surface area contributed by atoms with Crippen LogP contribution in [-0.2, 0) is 27.2 Å². The molecule has 2 aromatic rings. The van der Waals surface area contributed by atoms with E-state index in [9.17, 15) is 27.6 Å². The lowest BCUT2D eigenvalue weighted by Gasteiger charge is -2.29. The number of likely N-dealkylation sites (N-methyl/N-ethyl adjacent to an activating group) is 1. The molecule has 1 heterocycles. The minimum absolute atomic E-state index is 0.000285. The van der Waals surface area contributed by atoms with Crippen molar-refractivity contribution in [3.8, 4) is 5.75 Å². The fourth-order valence-electron chi connectivity index (χ4n) is 3.89. The molecule has 0 spiro atoms. The number of esters is 2. The van der Waals surface area contributed by atoms with Gasteiger partial charge in [-0.15, -0.1) is 0 Å². The van der Waals surface area contributed by atoms with Gasteiger partial charge in [0.1, 0.15) is 11.5 Å². The molecule has 0 bridgehead atoms. The van der Waals surface area contributed by atoms with Crippen molar-refractivity contribution in [3.05, 3.63) is 53.5 Å². The average molecular weight is 556 g/mol. The first-order chi connectivity index (χ1) is 18.3. The Bertz CT molecular complexity index is 1090. The van der Waals surface area contributed by atoms with Crippen LogP contribution in [0.1, 0.15) is 60.9 Å². The fraction of sp³-hybridized carbons (Fsp3) is 0.536. The van der Waals surface area contributed by atoms with Crippen LogP contribution in [0.15, 0.2) is 40.8 Å². The summed E-state index contributed by atoms with van der Waals surface area (Å²) in [6.45, 7) is 3.02. The van der Waals surface area contributed by atoms with Crippen LogP contribution in [-0.4, -0.2) is 68.8 Å². The van der Waals surface area contributed by atoms with E-state index in [1.165, 1.54) is 18.9 Å². The third-order valence-corrected chi connectivity index (χ3v) is 5.66. The molecule has 0 aliphatic carbocycles. The predicted octanol–water partition coefficient (Wildman–Crippen LogP) is 4.85. The second kappa shape index (κ2) is 14.7. The third kappa shape index (κ3) is 12.4. The number of hydrogen-bond donors (Lipinski definition) is 1. The van der Waals surface area contributed by atoms with Gasteiger partial charge in [-0.25, -0.2) is 4.79 Å². The summed E-state index contributed by atoms with van der Waals surface area (Å²) in [7, 11) is 5.34. The maximum atomic E-state index is 12.8. The summed E-state index contributed by atoms with van der Waals surface area (Å²) < 4.78 is 52.9. The van der Waals surface area contributed by atoms with Gasteiger partial charge in [-0.05, 0) is 42.7 Å². The Kier molecular flexibility index (Phi) is 12.0. The van der Waals surface area contributed by atoms with E-state index in [4.69, 9.17) is 9.15 Å². The average Bonchev–Trinajstić information content (AvgIpc) is 3.30. The van der Waals surface area contributed by atoms with Crippen LogP contribution in [0.4, 0.5) is 13.2 Å². The summed E-state index contributed by atoms with van der Waals surface area (Å²) in [5, 5.41) is 2.60. The van der Waals surface area contributed by atoms with Crippen molar-refractivity contribution in [2.45, 2.75) is 64.1 Å². The second-order valence-corrected chi connectivity index (χ2v) is 10.4. The molecule has 39 heavy (non-hydrogen) atoms. The van der Waals surface area contributed by atoms with Crippen LogP contribution in [0, 0.1) is 0 Å². The van der Waals surface area contributed by atoms with Crippen molar-refractivity contribution < 1.29 is 45.9 Å². The molecule has 0 unspecified atom stereocenters. The number of unbranched alkanes of at least 4 members (excludes halogenated alkanes) is 3. The fourth-order valence-corrected chi connectivity index (χ4v) is 3.89. The molecule has 0 fully saturated rings. The molecule has 11 heteroatoms. The minimum Gasteiger partial charge on any atom is -0.494 e. The molecule has 0 aliphatic heterocycles. The van der Waals surface area contributed by atoms with Crippen LogP contribution in [0.25, 0.3) is 0 Å². The highest BCUT2D eigenvalue weighted by atomic mass is 19.4. The minimum atomic E-state index is -5.29. The number of hydrogen-bond acceptors (Lipinski definition) is 6. The number of carbonyl (C=O) groups is 3. The van der Waals surface area contributed by atoms with Gasteiger partial charge in [-0.2, -0.15) is 13.2 Å². The van der Waals surface area contributed by atoms with Gasteiger partial charge in [0.25, 0.3) is 5.91 Å². The van der Waals surface area contributed by atoms with Gasteiger partial charge in [0, 0.05) is 6.42 Å². The van der Waals surface area contributed by atoms with Crippen LogP contribution in [0.2, 0.25) is 0 Å². The highest BCUT2D eigenvalue weighted by Gasteiger charge is 2.42. The highest BCUT2D eigenvalue weighted by molar-refractivity contribution is 5.92.